The Morgan fingerprint density at radius 2 is 2.17 bits per heavy atom. The molecule has 1 aromatic rings. The topological polar surface area (TPSA) is 32.5 Å². The first-order chi connectivity index (χ1) is 8.67. The Bertz CT molecular complexity index is 408. The van der Waals surface area contributed by atoms with Gasteiger partial charge in [-0.2, -0.15) is 0 Å². The van der Waals surface area contributed by atoms with E-state index in [2.05, 4.69) is 23.8 Å². The normalized spacial score (nSPS) is 21.3. The Labute approximate surface area is 108 Å². The molecule has 0 spiro atoms. The highest BCUT2D eigenvalue weighted by Gasteiger charge is 2.24. The summed E-state index contributed by atoms with van der Waals surface area (Å²) < 4.78 is 13.7. The van der Waals surface area contributed by atoms with E-state index in [0.717, 1.165) is 31.7 Å². The number of benzene rings is 1. The van der Waals surface area contributed by atoms with Crippen molar-refractivity contribution < 1.29 is 4.39 Å². The smallest absolute Gasteiger partial charge is 0.129 e. The minimum Gasteiger partial charge on any atom is -0.368 e. The van der Waals surface area contributed by atoms with E-state index < -0.39 is 0 Å². The second-order valence-electron chi connectivity index (χ2n) is 4.93. The number of piperazine rings is 1. The monoisotopic (exact) mass is 251 g/mol. The Kier molecular flexibility index (Phi) is 4.19. The van der Waals surface area contributed by atoms with E-state index in [1.807, 2.05) is 6.07 Å². The first kappa shape index (κ1) is 13.3. The summed E-state index contributed by atoms with van der Waals surface area (Å²) in [5, 5.41) is 0. The largest absolute Gasteiger partial charge is 0.368 e. The van der Waals surface area contributed by atoms with Gasteiger partial charge in [-0.1, -0.05) is 13.0 Å². The van der Waals surface area contributed by atoms with Crippen LogP contribution in [0.4, 0.5) is 10.1 Å². The maximum Gasteiger partial charge on any atom is 0.129 e. The Balaban J connectivity index is 2.24. The van der Waals surface area contributed by atoms with Gasteiger partial charge in [0.1, 0.15) is 5.82 Å². The van der Waals surface area contributed by atoms with Crippen LogP contribution in [0.15, 0.2) is 18.2 Å². The van der Waals surface area contributed by atoms with Gasteiger partial charge in [0.2, 0.25) is 0 Å². The van der Waals surface area contributed by atoms with E-state index in [9.17, 15) is 4.39 Å². The molecule has 0 saturated carbocycles. The van der Waals surface area contributed by atoms with E-state index in [1.165, 1.54) is 6.07 Å². The summed E-state index contributed by atoms with van der Waals surface area (Å²) >= 11 is 0. The molecule has 1 aromatic carbocycles. The van der Waals surface area contributed by atoms with Gasteiger partial charge in [0, 0.05) is 43.5 Å². The van der Waals surface area contributed by atoms with Crippen LogP contribution in [-0.4, -0.2) is 37.6 Å². The van der Waals surface area contributed by atoms with Crippen molar-refractivity contribution in [3.8, 4) is 0 Å². The summed E-state index contributed by atoms with van der Waals surface area (Å²) in [5.41, 5.74) is 7.27. The predicted octanol–water partition coefficient (Wildman–Crippen LogP) is 1.81. The molecule has 0 radical (unpaired) electrons. The molecule has 18 heavy (non-hydrogen) atoms. The average Bonchev–Trinajstić information content (AvgIpc) is 2.39. The van der Waals surface area contributed by atoms with E-state index in [0.29, 0.717) is 11.6 Å². The van der Waals surface area contributed by atoms with E-state index in [4.69, 9.17) is 5.73 Å². The molecule has 0 aliphatic carbocycles. The third-order valence-electron chi connectivity index (χ3n) is 3.89. The first-order valence-electron chi connectivity index (χ1n) is 6.60. The van der Waals surface area contributed by atoms with Crippen LogP contribution >= 0.6 is 0 Å². The molecule has 1 fully saturated rings. The highest BCUT2D eigenvalue weighted by Crippen LogP contribution is 2.25. The average molecular weight is 251 g/mol. The second-order valence-corrected chi connectivity index (χ2v) is 4.93. The van der Waals surface area contributed by atoms with Crippen LogP contribution in [0.2, 0.25) is 0 Å². The number of halogens is 1. The summed E-state index contributed by atoms with van der Waals surface area (Å²) in [6, 6.07) is 5.76. The van der Waals surface area contributed by atoms with Gasteiger partial charge >= 0.3 is 0 Å². The lowest BCUT2D eigenvalue weighted by Gasteiger charge is -2.41. The fourth-order valence-electron chi connectivity index (χ4n) is 2.65. The predicted molar refractivity (Wildman–Crippen MR) is 73.2 cm³/mol. The van der Waals surface area contributed by atoms with Crippen molar-refractivity contribution in [1.82, 2.24) is 4.90 Å². The van der Waals surface area contributed by atoms with Crippen molar-refractivity contribution in [3.05, 3.63) is 29.6 Å². The molecule has 0 amide bonds. The van der Waals surface area contributed by atoms with E-state index >= 15 is 0 Å². The molecular formula is C14H22FN3. The van der Waals surface area contributed by atoms with Crippen LogP contribution < -0.4 is 10.6 Å². The molecule has 3 nitrogen and oxygen atoms in total. The minimum absolute atomic E-state index is 0.193. The zero-order chi connectivity index (χ0) is 13.1. The van der Waals surface area contributed by atoms with Gasteiger partial charge in [0.25, 0.3) is 0 Å². The standard InChI is InChI=1S/C14H22FN3/c1-3-11-10-18(8-7-17(11)2)14-6-4-5-13(15)12(14)9-16/h4-6,11H,3,7-10,16H2,1-2H3. The Morgan fingerprint density at radius 3 is 2.83 bits per heavy atom. The lowest BCUT2D eigenvalue weighted by molar-refractivity contribution is 0.213. The molecule has 1 aliphatic heterocycles. The van der Waals surface area contributed by atoms with Gasteiger partial charge in [0.05, 0.1) is 0 Å². The number of hydrogen-bond acceptors (Lipinski definition) is 3. The number of likely N-dealkylation sites (N-methyl/N-ethyl adjacent to an activating group) is 1. The number of nitrogens with two attached hydrogens (primary N) is 1. The number of anilines is 1. The number of rotatable bonds is 3. The number of hydrogen-bond donors (Lipinski definition) is 1. The maximum atomic E-state index is 13.7. The quantitative estimate of drug-likeness (QED) is 0.889. The summed E-state index contributed by atoms with van der Waals surface area (Å²) in [7, 11) is 2.15. The van der Waals surface area contributed by atoms with Gasteiger partial charge in [-0.3, -0.25) is 4.90 Å². The van der Waals surface area contributed by atoms with Gasteiger partial charge in [-0.15, -0.1) is 0 Å². The minimum atomic E-state index is -0.193. The summed E-state index contributed by atoms with van der Waals surface area (Å²) in [5.74, 6) is -0.193. The molecule has 4 heteroatoms. The van der Waals surface area contributed by atoms with E-state index in [1.54, 1.807) is 6.07 Å². The number of nitrogens with zero attached hydrogens (tertiary/aromatic N) is 2. The second kappa shape index (κ2) is 5.67. The van der Waals surface area contributed by atoms with Gasteiger partial charge in [-0.05, 0) is 25.6 Å². The molecule has 2 rings (SSSR count). The van der Waals surface area contributed by atoms with Crippen molar-refractivity contribution in [3.63, 3.8) is 0 Å². The molecule has 2 N–H and O–H groups in total. The molecule has 1 unspecified atom stereocenters. The fraction of sp³-hybridized carbons (Fsp3) is 0.571. The molecule has 1 heterocycles. The van der Waals surface area contributed by atoms with E-state index in [-0.39, 0.29) is 12.4 Å². The summed E-state index contributed by atoms with van der Waals surface area (Å²) in [4.78, 5) is 4.64. The molecule has 1 atom stereocenters. The highest BCUT2D eigenvalue weighted by molar-refractivity contribution is 5.54. The van der Waals surface area contributed by atoms with Crippen molar-refractivity contribution in [2.45, 2.75) is 25.9 Å². The molecular weight excluding hydrogens is 229 g/mol. The Morgan fingerprint density at radius 1 is 1.39 bits per heavy atom. The van der Waals surface area contributed by atoms with Gasteiger partial charge in [0.15, 0.2) is 0 Å². The van der Waals surface area contributed by atoms with Crippen LogP contribution in [0.5, 0.6) is 0 Å². The molecule has 0 aromatic heterocycles. The van der Waals surface area contributed by atoms with Crippen LogP contribution in [0, 0.1) is 5.82 Å². The zero-order valence-corrected chi connectivity index (χ0v) is 11.2. The molecule has 1 saturated heterocycles. The zero-order valence-electron chi connectivity index (χ0n) is 11.2. The molecule has 1 aliphatic rings. The van der Waals surface area contributed by atoms with Crippen molar-refractivity contribution in [1.29, 1.82) is 0 Å². The maximum absolute atomic E-state index is 13.7. The first-order valence-corrected chi connectivity index (χ1v) is 6.60. The fourth-order valence-corrected chi connectivity index (χ4v) is 2.65. The van der Waals surface area contributed by atoms with Crippen molar-refractivity contribution in [2.75, 3.05) is 31.6 Å². The lowest BCUT2D eigenvalue weighted by Crippen LogP contribution is -2.51. The summed E-state index contributed by atoms with van der Waals surface area (Å²) in [6.07, 6.45) is 1.11. The third kappa shape index (κ3) is 2.49. The van der Waals surface area contributed by atoms with Gasteiger partial charge in [-0.25, -0.2) is 4.39 Å². The van der Waals surface area contributed by atoms with Crippen LogP contribution in [0.3, 0.4) is 0 Å². The van der Waals surface area contributed by atoms with Crippen molar-refractivity contribution in [2.24, 2.45) is 5.73 Å². The summed E-state index contributed by atoms with van der Waals surface area (Å²) in [6.45, 7) is 5.34. The molecule has 0 bridgehead atoms. The third-order valence-corrected chi connectivity index (χ3v) is 3.89. The highest BCUT2D eigenvalue weighted by atomic mass is 19.1. The SMILES string of the molecule is CCC1CN(c2cccc(F)c2CN)CCN1C. The van der Waals surface area contributed by atoms with Gasteiger partial charge < -0.3 is 10.6 Å². The molecule has 100 valence electrons. The lowest BCUT2D eigenvalue weighted by atomic mass is 10.1. The van der Waals surface area contributed by atoms with Crippen LogP contribution in [0.1, 0.15) is 18.9 Å². The van der Waals surface area contributed by atoms with Crippen LogP contribution in [0.25, 0.3) is 0 Å². The van der Waals surface area contributed by atoms with Crippen LogP contribution in [-0.2, 0) is 6.54 Å². The van der Waals surface area contributed by atoms with Crippen molar-refractivity contribution >= 4 is 5.69 Å². The Hall–Kier alpha value is -1.13.